The molecule has 1 unspecified atom stereocenters. The van der Waals surface area contributed by atoms with E-state index in [4.69, 9.17) is 16.3 Å². The van der Waals surface area contributed by atoms with Crippen LogP contribution in [0.15, 0.2) is 48.5 Å². The van der Waals surface area contributed by atoms with Crippen LogP contribution in [-0.4, -0.2) is 48.8 Å². The number of nitrogens with one attached hydrogen (secondary N) is 1. The molecule has 1 saturated heterocycles. The van der Waals surface area contributed by atoms with Gasteiger partial charge >= 0.3 is 0 Å². The van der Waals surface area contributed by atoms with Crippen LogP contribution in [0, 0.1) is 5.92 Å². The lowest BCUT2D eigenvalue weighted by Crippen LogP contribution is -2.46. The van der Waals surface area contributed by atoms with Crippen molar-refractivity contribution in [3.8, 4) is 5.75 Å². The van der Waals surface area contributed by atoms with E-state index in [0.29, 0.717) is 23.5 Å². The zero-order chi connectivity index (χ0) is 20.8. The third kappa shape index (κ3) is 7.51. The molecule has 1 atom stereocenters. The van der Waals surface area contributed by atoms with Crippen molar-refractivity contribution in [2.45, 2.75) is 44.3 Å². The second-order valence-electron chi connectivity index (χ2n) is 8.69. The van der Waals surface area contributed by atoms with Crippen molar-refractivity contribution in [3.05, 3.63) is 64.7 Å². The zero-order valence-corrected chi connectivity index (χ0v) is 20.8. The van der Waals surface area contributed by atoms with E-state index in [1.54, 1.807) is 0 Å². The van der Waals surface area contributed by atoms with Gasteiger partial charge in [-0.1, -0.05) is 48.0 Å². The molecule has 32 heavy (non-hydrogen) atoms. The number of piperazine rings is 1. The summed E-state index contributed by atoms with van der Waals surface area (Å²) in [6.45, 7) is 5.88. The second-order valence-corrected chi connectivity index (χ2v) is 9.10. The van der Waals surface area contributed by atoms with Crippen molar-refractivity contribution in [2.75, 3.05) is 32.7 Å². The van der Waals surface area contributed by atoms with Gasteiger partial charge in [-0.2, -0.15) is 0 Å². The monoisotopic (exact) mass is 500 g/mol. The van der Waals surface area contributed by atoms with Gasteiger partial charge in [-0.05, 0) is 60.8 Å². The molecule has 0 amide bonds. The summed E-state index contributed by atoms with van der Waals surface area (Å²) < 4.78 is 5.98. The topological polar surface area (TPSA) is 44.7 Å². The molecule has 0 radical (unpaired) electrons. The number of rotatable bonds is 7. The first-order chi connectivity index (χ1) is 14.7. The summed E-state index contributed by atoms with van der Waals surface area (Å²) >= 11 is 6.66. The Balaban J connectivity index is 0.00000181. The van der Waals surface area contributed by atoms with Crippen LogP contribution in [0.2, 0.25) is 5.02 Å². The fourth-order valence-corrected chi connectivity index (χ4v) is 5.05. The van der Waals surface area contributed by atoms with E-state index in [0.717, 1.165) is 69.7 Å². The third-order valence-electron chi connectivity index (χ3n) is 6.60. The predicted octanol–water partition coefficient (Wildman–Crippen LogP) is 5.30. The molecule has 4 rings (SSSR count). The summed E-state index contributed by atoms with van der Waals surface area (Å²) in [5.74, 6) is 1.77. The van der Waals surface area contributed by atoms with E-state index in [2.05, 4.69) is 34.5 Å². The minimum atomic E-state index is -0.126. The maximum atomic E-state index is 9.98. The summed E-state index contributed by atoms with van der Waals surface area (Å²) in [6.07, 6.45) is 3.87. The van der Waals surface area contributed by atoms with Crippen LogP contribution in [0.25, 0.3) is 0 Å². The Bertz CT molecular complexity index is 795. The van der Waals surface area contributed by atoms with Gasteiger partial charge in [0.2, 0.25) is 0 Å². The van der Waals surface area contributed by atoms with E-state index >= 15 is 0 Å². The van der Waals surface area contributed by atoms with Crippen molar-refractivity contribution in [1.29, 1.82) is 0 Å². The van der Waals surface area contributed by atoms with Gasteiger partial charge < -0.3 is 20.1 Å². The molecule has 178 valence electrons. The lowest BCUT2D eigenvalue weighted by Gasteiger charge is -2.37. The molecule has 1 saturated carbocycles. The fourth-order valence-electron chi connectivity index (χ4n) is 4.80. The van der Waals surface area contributed by atoms with Crippen LogP contribution in [0.1, 0.15) is 42.7 Å². The van der Waals surface area contributed by atoms with Gasteiger partial charge in [0, 0.05) is 32.7 Å². The molecular weight excluding hydrogens is 467 g/mol. The molecule has 0 spiro atoms. The molecule has 1 aliphatic carbocycles. The summed E-state index contributed by atoms with van der Waals surface area (Å²) in [6, 6.07) is 16.5. The first-order valence-electron chi connectivity index (χ1n) is 11.3. The number of nitrogens with zero attached hydrogens (tertiary/aromatic N) is 1. The highest BCUT2D eigenvalue weighted by atomic mass is 35.5. The largest absolute Gasteiger partial charge is 0.487 e. The Kier molecular flexibility index (Phi) is 11.6. The van der Waals surface area contributed by atoms with Gasteiger partial charge in [-0.25, -0.2) is 0 Å². The molecule has 2 N–H and O–H groups in total. The maximum Gasteiger partial charge on any atom is 0.138 e. The number of hydrogen-bond acceptors (Lipinski definition) is 4. The average Bonchev–Trinajstić information content (AvgIpc) is 2.79. The quantitative estimate of drug-likeness (QED) is 0.540. The highest BCUT2D eigenvalue weighted by Crippen LogP contribution is 2.39. The van der Waals surface area contributed by atoms with E-state index in [9.17, 15) is 5.11 Å². The molecule has 7 heteroatoms. The standard InChI is InChI=1S/C25H33ClN2O2.2ClH/c26-24-16-21(8-11-25(24)30-18-19-4-2-1-3-5-19)23(17-28-14-12-27-13-15-28)20-6-9-22(29)10-7-20;;/h1-5,8,11,16,20,22-23,27,29H,6-7,9-10,12-15,17-18H2;2*1H. The predicted molar refractivity (Wildman–Crippen MR) is 137 cm³/mol. The fraction of sp³-hybridized carbons (Fsp3) is 0.520. The average molecular weight is 502 g/mol. The van der Waals surface area contributed by atoms with Crippen LogP contribution in [0.4, 0.5) is 0 Å². The van der Waals surface area contributed by atoms with Gasteiger partial charge in [-0.3, -0.25) is 0 Å². The lowest BCUT2D eigenvalue weighted by molar-refractivity contribution is 0.0932. The smallest absolute Gasteiger partial charge is 0.138 e. The van der Waals surface area contributed by atoms with E-state index in [-0.39, 0.29) is 30.9 Å². The number of ether oxygens (including phenoxy) is 1. The van der Waals surface area contributed by atoms with E-state index in [1.807, 2.05) is 24.3 Å². The number of aliphatic hydroxyl groups excluding tert-OH is 1. The molecule has 2 aromatic rings. The van der Waals surface area contributed by atoms with Gasteiger partial charge in [0.25, 0.3) is 0 Å². The van der Waals surface area contributed by atoms with Crippen molar-refractivity contribution < 1.29 is 9.84 Å². The molecule has 0 aromatic heterocycles. The normalized spacial score (nSPS) is 22.3. The number of hydrogen-bond donors (Lipinski definition) is 2. The van der Waals surface area contributed by atoms with Crippen LogP contribution in [0.3, 0.4) is 0 Å². The maximum absolute atomic E-state index is 9.98. The summed E-state index contributed by atoms with van der Waals surface area (Å²) in [5, 5.41) is 14.1. The molecule has 1 aliphatic heterocycles. The highest BCUT2D eigenvalue weighted by Gasteiger charge is 2.30. The second kappa shape index (κ2) is 13.6. The Morgan fingerprint density at radius 3 is 2.34 bits per heavy atom. The zero-order valence-electron chi connectivity index (χ0n) is 18.4. The first-order valence-corrected chi connectivity index (χ1v) is 11.6. The molecule has 0 bridgehead atoms. The van der Waals surface area contributed by atoms with Crippen LogP contribution in [-0.2, 0) is 6.61 Å². The minimum Gasteiger partial charge on any atom is -0.487 e. The molecule has 2 aliphatic rings. The summed E-state index contributed by atoms with van der Waals surface area (Å²) in [7, 11) is 0. The first kappa shape index (κ1) is 27.2. The van der Waals surface area contributed by atoms with E-state index in [1.165, 1.54) is 5.56 Å². The third-order valence-corrected chi connectivity index (χ3v) is 6.89. The summed E-state index contributed by atoms with van der Waals surface area (Å²) in [4.78, 5) is 2.57. The number of halogens is 3. The molecular formula is C25H35Cl3N2O2. The van der Waals surface area contributed by atoms with Gasteiger partial charge in [0.05, 0.1) is 11.1 Å². The van der Waals surface area contributed by atoms with Gasteiger partial charge in [0.15, 0.2) is 0 Å². The number of benzene rings is 2. The van der Waals surface area contributed by atoms with E-state index < -0.39 is 0 Å². The van der Waals surface area contributed by atoms with Crippen LogP contribution >= 0.6 is 36.4 Å². The molecule has 4 nitrogen and oxygen atoms in total. The lowest BCUT2D eigenvalue weighted by atomic mass is 9.75. The minimum absolute atomic E-state index is 0. The number of aliphatic hydroxyl groups is 1. The van der Waals surface area contributed by atoms with Gasteiger partial charge in [-0.15, -0.1) is 24.8 Å². The van der Waals surface area contributed by atoms with Crippen LogP contribution in [0.5, 0.6) is 5.75 Å². The molecule has 2 aromatic carbocycles. The molecule has 1 heterocycles. The summed E-state index contributed by atoms with van der Waals surface area (Å²) in [5.41, 5.74) is 2.43. The Morgan fingerprint density at radius 2 is 1.69 bits per heavy atom. The molecule has 2 fully saturated rings. The van der Waals surface area contributed by atoms with Crippen molar-refractivity contribution in [1.82, 2.24) is 10.2 Å². The van der Waals surface area contributed by atoms with Gasteiger partial charge in [0.1, 0.15) is 12.4 Å². The highest BCUT2D eigenvalue weighted by molar-refractivity contribution is 6.32. The van der Waals surface area contributed by atoms with Crippen molar-refractivity contribution in [2.24, 2.45) is 5.92 Å². The van der Waals surface area contributed by atoms with Crippen molar-refractivity contribution >= 4 is 36.4 Å². The van der Waals surface area contributed by atoms with Crippen LogP contribution < -0.4 is 10.1 Å². The Labute approximate surface area is 209 Å². The SMILES string of the molecule is Cl.Cl.OC1CCC(C(CN2CCNCC2)c2ccc(OCc3ccccc3)c(Cl)c2)CC1. The Morgan fingerprint density at radius 1 is 1.00 bits per heavy atom. The Hall–Kier alpha value is -1.01. The van der Waals surface area contributed by atoms with Crippen molar-refractivity contribution in [3.63, 3.8) is 0 Å².